The van der Waals surface area contributed by atoms with Crippen molar-refractivity contribution >= 4 is 5.97 Å². The SMILES string of the molecule is COC(=O)c1nc(C)cc(-c2ccc[nH]2)n1. The molecule has 16 heavy (non-hydrogen) atoms. The van der Waals surface area contributed by atoms with E-state index in [9.17, 15) is 4.79 Å². The van der Waals surface area contributed by atoms with E-state index in [1.807, 2.05) is 12.1 Å². The van der Waals surface area contributed by atoms with E-state index in [0.717, 1.165) is 11.4 Å². The van der Waals surface area contributed by atoms with E-state index in [4.69, 9.17) is 0 Å². The second-order valence-electron chi connectivity index (χ2n) is 3.29. The van der Waals surface area contributed by atoms with E-state index in [1.54, 1.807) is 19.2 Å². The molecule has 0 saturated heterocycles. The van der Waals surface area contributed by atoms with Crippen molar-refractivity contribution in [2.75, 3.05) is 7.11 Å². The summed E-state index contributed by atoms with van der Waals surface area (Å²) in [6.07, 6.45) is 1.80. The molecule has 0 aromatic carbocycles. The third-order valence-corrected chi connectivity index (χ3v) is 2.10. The lowest BCUT2D eigenvalue weighted by Gasteiger charge is -2.02. The number of nitrogens with zero attached hydrogens (tertiary/aromatic N) is 2. The van der Waals surface area contributed by atoms with Gasteiger partial charge in [-0.3, -0.25) is 0 Å². The molecule has 0 fully saturated rings. The van der Waals surface area contributed by atoms with Gasteiger partial charge >= 0.3 is 5.97 Å². The first-order valence-electron chi connectivity index (χ1n) is 4.78. The van der Waals surface area contributed by atoms with Crippen LogP contribution in [0.2, 0.25) is 0 Å². The van der Waals surface area contributed by atoms with Gasteiger partial charge in [-0.05, 0) is 25.1 Å². The summed E-state index contributed by atoms with van der Waals surface area (Å²) in [6, 6.07) is 5.55. The Morgan fingerprint density at radius 2 is 2.25 bits per heavy atom. The fourth-order valence-corrected chi connectivity index (χ4v) is 1.38. The maximum absolute atomic E-state index is 11.3. The zero-order valence-electron chi connectivity index (χ0n) is 9.02. The molecule has 0 amide bonds. The van der Waals surface area contributed by atoms with Gasteiger partial charge in [-0.25, -0.2) is 14.8 Å². The largest absolute Gasteiger partial charge is 0.463 e. The number of methoxy groups -OCH3 is 1. The Bertz CT molecular complexity index is 506. The van der Waals surface area contributed by atoms with Crippen LogP contribution in [0.25, 0.3) is 11.4 Å². The summed E-state index contributed by atoms with van der Waals surface area (Å²) in [5, 5.41) is 0. The lowest BCUT2D eigenvalue weighted by Crippen LogP contribution is -2.09. The molecule has 0 radical (unpaired) electrons. The van der Waals surface area contributed by atoms with Gasteiger partial charge in [0.05, 0.1) is 18.5 Å². The molecule has 82 valence electrons. The number of hydrogen-bond acceptors (Lipinski definition) is 4. The molecule has 0 saturated carbocycles. The molecular weight excluding hydrogens is 206 g/mol. The first kappa shape index (κ1) is 10.4. The Kier molecular flexibility index (Phi) is 2.68. The maximum atomic E-state index is 11.3. The molecule has 2 aromatic rings. The third-order valence-electron chi connectivity index (χ3n) is 2.10. The van der Waals surface area contributed by atoms with Gasteiger partial charge in [-0.15, -0.1) is 0 Å². The standard InChI is InChI=1S/C11H11N3O2/c1-7-6-9(8-4-3-5-12-8)14-10(13-7)11(15)16-2/h3-6,12H,1-2H3. The van der Waals surface area contributed by atoms with E-state index in [0.29, 0.717) is 5.69 Å². The zero-order valence-corrected chi connectivity index (χ0v) is 9.02. The Morgan fingerprint density at radius 3 is 2.88 bits per heavy atom. The van der Waals surface area contributed by atoms with Gasteiger partial charge in [0.1, 0.15) is 0 Å². The topological polar surface area (TPSA) is 67.9 Å². The molecule has 2 heterocycles. The quantitative estimate of drug-likeness (QED) is 0.775. The van der Waals surface area contributed by atoms with Crippen LogP contribution in [0.5, 0.6) is 0 Å². The molecule has 0 aliphatic carbocycles. The smallest absolute Gasteiger partial charge is 0.376 e. The van der Waals surface area contributed by atoms with E-state index in [2.05, 4.69) is 19.7 Å². The molecule has 5 heteroatoms. The van der Waals surface area contributed by atoms with Gasteiger partial charge in [0, 0.05) is 11.9 Å². The van der Waals surface area contributed by atoms with Crippen LogP contribution in [0.4, 0.5) is 0 Å². The van der Waals surface area contributed by atoms with Crippen molar-refractivity contribution < 1.29 is 9.53 Å². The Hall–Kier alpha value is -2.17. The van der Waals surface area contributed by atoms with Crippen LogP contribution >= 0.6 is 0 Å². The number of ether oxygens (including phenoxy) is 1. The van der Waals surface area contributed by atoms with Crippen LogP contribution in [-0.4, -0.2) is 28.0 Å². The molecule has 0 aliphatic rings. The van der Waals surface area contributed by atoms with Crippen molar-refractivity contribution in [3.05, 3.63) is 35.9 Å². The summed E-state index contributed by atoms with van der Waals surface area (Å²) in [5.74, 6) is -0.455. The van der Waals surface area contributed by atoms with Gasteiger partial charge in [-0.2, -0.15) is 0 Å². The zero-order chi connectivity index (χ0) is 11.5. The molecular formula is C11H11N3O2. The van der Waals surface area contributed by atoms with Gasteiger partial charge in [0.25, 0.3) is 0 Å². The number of carbonyl (C=O) groups is 1. The summed E-state index contributed by atoms with van der Waals surface area (Å²) in [4.78, 5) is 22.5. The van der Waals surface area contributed by atoms with Crippen LogP contribution in [0, 0.1) is 6.92 Å². The molecule has 2 aromatic heterocycles. The van der Waals surface area contributed by atoms with E-state index in [-0.39, 0.29) is 5.82 Å². The van der Waals surface area contributed by atoms with Crippen molar-refractivity contribution in [2.24, 2.45) is 0 Å². The fourth-order valence-electron chi connectivity index (χ4n) is 1.38. The normalized spacial score (nSPS) is 10.1. The number of hydrogen-bond donors (Lipinski definition) is 1. The Labute approximate surface area is 92.5 Å². The van der Waals surface area contributed by atoms with Gasteiger partial charge < -0.3 is 9.72 Å². The predicted octanol–water partition coefficient (Wildman–Crippen LogP) is 1.57. The number of rotatable bonds is 2. The molecule has 0 aliphatic heterocycles. The lowest BCUT2D eigenvalue weighted by molar-refractivity contribution is 0.0586. The molecule has 2 rings (SSSR count). The number of H-pyrrole nitrogens is 1. The van der Waals surface area contributed by atoms with Crippen molar-refractivity contribution in [3.63, 3.8) is 0 Å². The number of carbonyl (C=O) groups excluding carboxylic acids is 1. The van der Waals surface area contributed by atoms with E-state index in [1.165, 1.54) is 7.11 Å². The minimum absolute atomic E-state index is 0.0760. The highest BCUT2D eigenvalue weighted by atomic mass is 16.5. The Balaban J connectivity index is 2.48. The average Bonchev–Trinajstić information content (AvgIpc) is 2.80. The van der Waals surface area contributed by atoms with Crippen LogP contribution in [0.3, 0.4) is 0 Å². The first-order valence-corrected chi connectivity index (χ1v) is 4.78. The van der Waals surface area contributed by atoms with E-state index < -0.39 is 5.97 Å². The monoisotopic (exact) mass is 217 g/mol. The number of aromatic nitrogens is 3. The fraction of sp³-hybridized carbons (Fsp3) is 0.182. The van der Waals surface area contributed by atoms with Crippen molar-refractivity contribution in [1.82, 2.24) is 15.0 Å². The predicted molar refractivity (Wildman–Crippen MR) is 57.9 cm³/mol. The average molecular weight is 217 g/mol. The van der Waals surface area contributed by atoms with Crippen LogP contribution < -0.4 is 0 Å². The van der Waals surface area contributed by atoms with Crippen molar-refractivity contribution in [2.45, 2.75) is 6.92 Å². The summed E-state index contributed by atoms with van der Waals surface area (Å²) in [5.41, 5.74) is 2.24. The number of nitrogens with one attached hydrogen (secondary N) is 1. The highest BCUT2D eigenvalue weighted by Gasteiger charge is 2.12. The molecule has 0 unspecified atom stereocenters. The molecule has 5 nitrogen and oxygen atoms in total. The third kappa shape index (κ3) is 1.93. The summed E-state index contributed by atoms with van der Waals surface area (Å²) >= 11 is 0. The molecule has 1 N–H and O–H groups in total. The summed E-state index contributed by atoms with van der Waals surface area (Å²) in [7, 11) is 1.31. The second kappa shape index (κ2) is 4.14. The first-order chi connectivity index (χ1) is 7.70. The minimum atomic E-state index is -0.531. The van der Waals surface area contributed by atoms with Gasteiger partial charge in [0.2, 0.25) is 5.82 Å². The molecule has 0 spiro atoms. The number of aryl methyl sites for hydroxylation is 1. The second-order valence-corrected chi connectivity index (χ2v) is 3.29. The van der Waals surface area contributed by atoms with Crippen LogP contribution in [0.15, 0.2) is 24.4 Å². The molecule has 0 bridgehead atoms. The lowest BCUT2D eigenvalue weighted by atomic mass is 10.2. The Morgan fingerprint density at radius 1 is 1.44 bits per heavy atom. The number of aromatic amines is 1. The highest BCUT2D eigenvalue weighted by Crippen LogP contribution is 2.15. The van der Waals surface area contributed by atoms with Crippen LogP contribution in [0.1, 0.15) is 16.3 Å². The molecule has 0 atom stereocenters. The van der Waals surface area contributed by atoms with Crippen molar-refractivity contribution in [1.29, 1.82) is 0 Å². The van der Waals surface area contributed by atoms with E-state index >= 15 is 0 Å². The number of esters is 1. The van der Waals surface area contributed by atoms with Gasteiger partial charge in [0.15, 0.2) is 0 Å². The summed E-state index contributed by atoms with van der Waals surface area (Å²) < 4.78 is 4.59. The van der Waals surface area contributed by atoms with Crippen LogP contribution in [-0.2, 0) is 4.74 Å². The van der Waals surface area contributed by atoms with Crippen molar-refractivity contribution in [3.8, 4) is 11.4 Å². The maximum Gasteiger partial charge on any atom is 0.376 e. The summed E-state index contributed by atoms with van der Waals surface area (Å²) in [6.45, 7) is 1.81. The van der Waals surface area contributed by atoms with Gasteiger partial charge in [-0.1, -0.05) is 0 Å². The highest BCUT2D eigenvalue weighted by molar-refractivity contribution is 5.85. The minimum Gasteiger partial charge on any atom is -0.463 e.